The molecule has 0 fully saturated rings. The van der Waals surface area contributed by atoms with Crippen LogP contribution in [0.4, 0.5) is 0 Å². The Hall–Kier alpha value is -0.0800. The zero-order valence-electron chi connectivity index (χ0n) is 9.25. The molecule has 1 atom stereocenters. The van der Waals surface area contributed by atoms with E-state index in [4.69, 9.17) is 0 Å². The average molecular weight is 230 g/mol. The minimum absolute atomic E-state index is 0. The van der Waals surface area contributed by atoms with Gasteiger partial charge in [-0.05, 0) is 23.8 Å². The lowest BCUT2D eigenvalue weighted by Gasteiger charge is -2.13. The topological polar surface area (TPSA) is 0 Å². The monoisotopic (exact) mass is 230 g/mol. The third-order valence-corrected chi connectivity index (χ3v) is 2.19. The van der Waals surface area contributed by atoms with Crippen molar-refractivity contribution in [3.05, 3.63) is 35.9 Å². The average Bonchev–Trinajstić information content (AvgIpc) is 2.05. The fourth-order valence-corrected chi connectivity index (χ4v) is 1.62. The largest absolute Gasteiger partial charge is 0.197 e. The molecular formula is C12H22S2. The quantitative estimate of drug-likeness (QED) is 0.734. The van der Waals surface area contributed by atoms with Crippen LogP contribution in [0.25, 0.3) is 0 Å². The lowest BCUT2D eigenvalue weighted by Crippen LogP contribution is -1.97. The molecule has 0 bridgehead atoms. The number of rotatable bonds is 3. The highest BCUT2D eigenvalue weighted by Gasteiger charge is 2.06. The van der Waals surface area contributed by atoms with E-state index in [9.17, 15) is 0 Å². The first-order valence-electron chi connectivity index (χ1n) is 4.75. The van der Waals surface area contributed by atoms with Gasteiger partial charge in [-0.15, -0.1) is 0 Å². The minimum atomic E-state index is 0. The maximum Gasteiger partial charge on any atom is -0.0188 e. The molecule has 82 valence electrons. The van der Waals surface area contributed by atoms with Gasteiger partial charge in [-0.25, -0.2) is 0 Å². The van der Waals surface area contributed by atoms with Crippen molar-refractivity contribution >= 4 is 27.0 Å². The highest BCUT2D eigenvalue weighted by molar-refractivity contribution is 7.59. The molecule has 1 aromatic rings. The summed E-state index contributed by atoms with van der Waals surface area (Å²) in [6, 6.07) is 10.7. The molecular weight excluding hydrogens is 208 g/mol. The van der Waals surface area contributed by atoms with Crippen molar-refractivity contribution < 1.29 is 0 Å². The third kappa shape index (κ3) is 5.61. The summed E-state index contributed by atoms with van der Waals surface area (Å²) in [6.45, 7) is 6.86. The molecule has 0 heterocycles. The van der Waals surface area contributed by atoms with Crippen molar-refractivity contribution in [3.8, 4) is 0 Å². The van der Waals surface area contributed by atoms with E-state index < -0.39 is 0 Å². The molecule has 2 heteroatoms. The van der Waals surface area contributed by atoms with Crippen molar-refractivity contribution in [1.29, 1.82) is 0 Å². The summed E-state index contributed by atoms with van der Waals surface area (Å²) in [4.78, 5) is 0. The van der Waals surface area contributed by atoms with Gasteiger partial charge in [0, 0.05) is 0 Å². The maximum absolute atomic E-state index is 2.30. The fourth-order valence-electron chi connectivity index (χ4n) is 1.62. The predicted octanol–water partition coefficient (Wildman–Crippen LogP) is 4.06. The lowest BCUT2D eigenvalue weighted by atomic mass is 9.92. The van der Waals surface area contributed by atoms with Crippen LogP contribution in [0.3, 0.4) is 0 Å². The van der Waals surface area contributed by atoms with Crippen LogP contribution in [0.15, 0.2) is 30.3 Å². The molecule has 0 nitrogen and oxygen atoms in total. The van der Waals surface area contributed by atoms with Gasteiger partial charge in [0.05, 0.1) is 0 Å². The normalized spacial score (nSPS) is 11.4. The first-order valence-corrected chi connectivity index (χ1v) is 4.75. The predicted molar refractivity (Wildman–Crippen MR) is 75.1 cm³/mol. The smallest absolute Gasteiger partial charge is 0.0188 e. The molecule has 0 aromatic heterocycles. The molecule has 0 spiro atoms. The minimum Gasteiger partial charge on any atom is -0.197 e. The zero-order chi connectivity index (χ0) is 8.97. The van der Waals surface area contributed by atoms with Gasteiger partial charge in [-0.1, -0.05) is 51.1 Å². The molecule has 0 aliphatic carbocycles. The second-order valence-corrected chi connectivity index (χ2v) is 3.94. The van der Waals surface area contributed by atoms with Crippen molar-refractivity contribution in [1.82, 2.24) is 0 Å². The summed E-state index contributed by atoms with van der Waals surface area (Å²) in [6.07, 6.45) is 1.28. The van der Waals surface area contributed by atoms with Crippen LogP contribution in [0.5, 0.6) is 0 Å². The van der Waals surface area contributed by atoms with Gasteiger partial charge < -0.3 is 0 Å². The summed E-state index contributed by atoms with van der Waals surface area (Å²) in [5, 5.41) is 0. The van der Waals surface area contributed by atoms with Crippen LogP contribution in [-0.2, 0) is 0 Å². The zero-order valence-corrected chi connectivity index (χ0v) is 11.2. The molecule has 0 amide bonds. The number of benzene rings is 1. The lowest BCUT2D eigenvalue weighted by molar-refractivity contribution is 0.524. The third-order valence-electron chi connectivity index (χ3n) is 2.19. The SMILES string of the molecule is CC(C)C[C@@H](C)c1ccccc1.S.S. The molecule has 0 N–H and O–H groups in total. The van der Waals surface area contributed by atoms with E-state index in [1.54, 1.807) is 0 Å². The maximum atomic E-state index is 2.30. The second-order valence-electron chi connectivity index (χ2n) is 3.94. The Balaban J connectivity index is 0. The van der Waals surface area contributed by atoms with Gasteiger partial charge in [0.25, 0.3) is 0 Å². The van der Waals surface area contributed by atoms with E-state index in [0.717, 1.165) is 5.92 Å². The van der Waals surface area contributed by atoms with E-state index in [-0.39, 0.29) is 27.0 Å². The summed E-state index contributed by atoms with van der Waals surface area (Å²) in [5.41, 5.74) is 1.46. The van der Waals surface area contributed by atoms with E-state index in [0.29, 0.717) is 5.92 Å². The van der Waals surface area contributed by atoms with E-state index in [1.165, 1.54) is 12.0 Å². The van der Waals surface area contributed by atoms with Crippen LogP contribution in [0, 0.1) is 5.92 Å². The molecule has 0 unspecified atom stereocenters. The molecule has 0 saturated heterocycles. The number of hydrogen-bond acceptors (Lipinski definition) is 0. The summed E-state index contributed by atoms with van der Waals surface area (Å²) < 4.78 is 0. The van der Waals surface area contributed by atoms with Crippen molar-refractivity contribution in [3.63, 3.8) is 0 Å². The van der Waals surface area contributed by atoms with Crippen LogP contribution >= 0.6 is 27.0 Å². The highest BCUT2D eigenvalue weighted by Crippen LogP contribution is 2.22. The summed E-state index contributed by atoms with van der Waals surface area (Å²) in [5.74, 6) is 1.49. The van der Waals surface area contributed by atoms with Gasteiger partial charge in [-0.3, -0.25) is 0 Å². The standard InChI is InChI=1S/C12H18.2H2S/c1-10(2)9-11(3)12-7-5-4-6-8-12;;/h4-8,10-11H,9H2,1-3H3;2*1H2/t11-;;/m1../s1. The Bertz CT molecular complexity index is 219. The van der Waals surface area contributed by atoms with Gasteiger partial charge in [0.1, 0.15) is 0 Å². The highest BCUT2D eigenvalue weighted by atomic mass is 32.1. The fraction of sp³-hybridized carbons (Fsp3) is 0.500. The Labute approximate surface area is 102 Å². The van der Waals surface area contributed by atoms with Gasteiger partial charge >= 0.3 is 0 Å². The second kappa shape index (κ2) is 8.25. The van der Waals surface area contributed by atoms with E-state index in [1.807, 2.05) is 0 Å². The van der Waals surface area contributed by atoms with Gasteiger partial charge in [0.2, 0.25) is 0 Å². The van der Waals surface area contributed by atoms with Crippen molar-refractivity contribution in [2.75, 3.05) is 0 Å². The van der Waals surface area contributed by atoms with Crippen LogP contribution in [-0.4, -0.2) is 0 Å². The Morgan fingerprint density at radius 3 is 1.86 bits per heavy atom. The van der Waals surface area contributed by atoms with Crippen LogP contribution < -0.4 is 0 Å². The molecule has 0 saturated carbocycles. The van der Waals surface area contributed by atoms with Crippen molar-refractivity contribution in [2.24, 2.45) is 5.92 Å². The Morgan fingerprint density at radius 2 is 1.43 bits per heavy atom. The molecule has 1 rings (SSSR count). The van der Waals surface area contributed by atoms with E-state index in [2.05, 4.69) is 51.1 Å². The Morgan fingerprint density at radius 1 is 0.929 bits per heavy atom. The summed E-state index contributed by atoms with van der Waals surface area (Å²) in [7, 11) is 0. The molecule has 0 aliphatic heterocycles. The Kier molecular flexibility index (Phi) is 9.63. The summed E-state index contributed by atoms with van der Waals surface area (Å²) >= 11 is 0. The first kappa shape index (κ1) is 16.4. The van der Waals surface area contributed by atoms with Crippen LogP contribution in [0.2, 0.25) is 0 Å². The number of hydrogen-bond donors (Lipinski definition) is 0. The van der Waals surface area contributed by atoms with Crippen LogP contribution in [0.1, 0.15) is 38.7 Å². The molecule has 14 heavy (non-hydrogen) atoms. The van der Waals surface area contributed by atoms with E-state index >= 15 is 0 Å². The first-order chi connectivity index (χ1) is 5.70. The van der Waals surface area contributed by atoms with Crippen molar-refractivity contribution in [2.45, 2.75) is 33.1 Å². The molecule has 0 aliphatic rings. The van der Waals surface area contributed by atoms with Gasteiger partial charge in [0.15, 0.2) is 0 Å². The molecule has 0 radical (unpaired) electrons. The van der Waals surface area contributed by atoms with Gasteiger partial charge in [-0.2, -0.15) is 27.0 Å². The molecule has 1 aromatic carbocycles.